The van der Waals surface area contributed by atoms with Crippen LogP contribution in [0.1, 0.15) is 0 Å². The first kappa shape index (κ1) is 12.6. The van der Waals surface area contributed by atoms with Crippen LogP contribution in [0.25, 0.3) is 21.7 Å². The van der Waals surface area contributed by atoms with Crippen LogP contribution >= 0.6 is 34.5 Å². The topological polar surface area (TPSA) is 76.7 Å². The molecule has 0 spiro atoms. The third kappa shape index (κ3) is 2.23. The Kier molecular flexibility index (Phi) is 3.24. The van der Waals surface area contributed by atoms with Gasteiger partial charge in [0, 0.05) is 6.20 Å². The summed E-state index contributed by atoms with van der Waals surface area (Å²) in [6, 6.07) is 3.50. The van der Waals surface area contributed by atoms with E-state index in [1.807, 2.05) is 11.4 Å². The maximum absolute atomic E-state index is 6.11. The second-order valence-electron chi connectivity index (χ2n) is 3.66. The van der Waals surface area contributed by atoms with E-state index < -0.39 is 0 Å². The number of halogens is 2. The number of nitrogens with two attached hydrogens (primary N) is 1. The first-order valence-electron chi connectivity index (χ1n) is 5.22. The molecule has 0 aromatic carbocycles. The van der Waals surface area contributed by atoms with Crippen molar-refractivity contribution in [2.24, 2.45) is 5.84 Å². The molecule has 8 heteroatoms. The van der Waals surface area contributed by atoms with E-state index in [0.717, 1.165) is 10.2 Å². The van der Waals surface area contributed by atoms with E-state index in [9.17, 15) is 0 Å². The molecule has 96 valence electrons. The molecular weight excluding hydrogens is 305 g/mol. The van der Waals surface area contributed by atoms with Crippen LogP contribution in [0.2, 0.25) is 10.0 Å². The number of nitrogens with one attached hydrogen (secondary N) is 1. The summed E-state index contributed by atoms with van der Waals surface area (Å²) in [5.41, 5.74) is 3.03. The summed E-state index contributed by atoms with van der Waals surface area (Å²) >= 11 is 13.4. The van der Waals surface area contributed by atoms with Gasteiger partial charge in [0.05, 0.1) is 15.4 Å². The molecule has 3 N–H and O–H groups in total. The Balaban J connectivity index is 2.24. The molecule has 0 amide bonds. The third-order valence-corrected chi connectivity index (χ3v) is 3.78. The van der Waals surface area contributed by atoms with Crippen LogP contribution in [0.15, 0.2) is 23.7 Å². The molecule has 0 saturated heterocycles. The average Bonchev–Trinajstić information content (AvgIpc) is 2.85. The van der Waals surface area contributed by atoms with Crippen molar-refractivity contribution in [3.63, 3.8) is 0 Å². The van der Waals surface area contributed by atoms with Crippen molar-refractivity contribution in [2.75, 3.05) is 5.43 Å². The zero-order valence-electron chi connectivity index (χ0n) is 9.39. The molecule has 0 unspecified atom stereocenters. The minimum atomic E-state index is 0.395. The van der Waals surface area contributed by atoms with E-state index in [-0.39, 0.29) is 0 Å². The summed E-state index contributed by atoms with van der Waals surface area (Å²) in [6.07, 6.45) is 1.50. The lowest BCUT2D eigenvalue weighted by Crippen LogP contribution is -2.10. The second kappa shape index (κ2) is 4.90. The van der Waals surface area contributed by atoms with Crippen molar-refractivity contribution < 1.29 is 0 Å². The van der Waals surface area contributed by atoms with E-state index in [4.69, 9.17) is 29.0 Å². The average molecular weight is 312 g/mol. The van der Waals surface area contributed by atoms with Gasteiger partial charge in [-0.2, -0.15) is 0 Å². The van der Waals surface area contributed by atoms with Gasteiger partial charge in [-0.05, 0) is 17.5 Å². The molecule has 0 aliphatic heterocycles. The predicted molar refractivity (Wildman–Crippen MR) is 78.5 cm³/mol. The van der Waals surface area contributed by atoms with Crippen molar-refractivity contribution in [3.8, 4) is 11.5 Å². The Hall–Kier alpha value is -1.47. The molecule has 3 aromatic rings. The molecule has 0 aliphatic carbocycles. The lowest BCUT2D eigenvalue weighted by Gasteiger charge is -2.06. The van der Waals surface area contributed by atoms with Gasteiger partial charge >= 0.3 is 0 Å². The fraction of sp³-hybridized carbons (Fsp3) is 0. The Bertz CT molecular complexity index is 758. The highest BCUT2D eigenvalue weighted by Crippen LogP contribution is 2.30. The molecule has 0 bridgehead atoms. The quantitative estimate of drug-likeness (QED) is 0.560. The molecule has 0 saturated carbocycles. The summed E-state index contributed by atoms with van der Waals surface area (Å²) < 4.78 is 0. The standard InChI is InChI=1S/C11H7Cl2N5S/c12-5-3-7(13)8(15-4-5)10-16-9(18-14)6-1-2-19-11(6)17-10/h1-4H,14H2,(H,16,17,18). The molecule has 5 nitrogen and oxygen atoms in total. The van der Waals surface area contributed by atoms with Crippen LogP contribution in [-0.4, -0.2) is 15.0 Å². The molecule has 19 heavy (non-hydrogen) atoms. The van der Waals surface area contributed by atoms with Gasteiger partial charge < -0.3 is 5.43 Å². The Morgan fingerprint density at radius 1 is 1.26 bits per heavy atom. The third-order valence-electron chi connectivity index (χ3n) is 2.48. The Labute approximate surface area is 122 Å². The van der Waals surface area contributed by atoms with E-state index in [1.165, 1.54) is 17.5 Å². The summed E-state index contributed by atoms with van der Waals surface area (Å²) in [4.78, 5) is 13.7. The second-order valence-corrected chi connectivity index (χ2v) is 5.40. The number of hydrogen-bond donors (Lipinski definition) is 2. The monoisotopic (exact) mass is 311 g/mol. The Morgan fingerprint density at radius 3 is 2.84 bits per heavy atom. The summed E-state index contributed by atoms with van der Waals surface area (Å²) in [7, 11) is 0. The number of hydrogen-bond acceptors (Lipinski definition) is 6. The van der Waals surface area contributed by atoms with Crippen molar-refractivity contribution in [2.45, 2.75) is 0 Å². The molecule has 0 aliphatic rings. The number of fused-ring (bicyclic) bond motifs is 1. The molecule has 3 heterocycles. The molecule has 0 radical (unpaired) electrons. The van der Waals surface area contributed by atoms with Crippen LogP contribution in [-0.2, 0) is 0 Å². The van der Waals surface area contributed by atoms with Gasteiger partial charge in [0.2, 0.25) is 0 Å². The van der Waals surface area contributed by atoms with E-state index in [2.05, 4.69) is 20.4 Å². The molecular formula is C11H7Cl2N5S. The molecule has 0 atom stereocenters. The number of nitrogen functional groups attached to an aromatic ring is 1. The van der Waals surface area contributed by atoms with Crippen LogP contribution < -0.4 is 11.3 Å². The van der Waals surface area contributed by atoms with Crippen molar-refractivity contribution in [3.05, 3.63) is 33.8 Å². The van der Waals surface area contributed by atoms with Crippen LogP contribution in [0.3, 0.4) is 0 Å². The maximum Gasteiger partial charge on any atom is 0.183 e. The SMILES string of the molecule is NNc1nc(-c2ncc(Cl)cc2Cl)nc2sccc12. The first-order chi connectivity index (χ1) is 9.19. The number of hydrazine groups is 1. The molecule has 3 aromatic heterocycles. The van der Waals surface area contributed by atoms with Crippen LogP contribution in [0.5, 0.6) is 0 Å². The first-order valence-corrected chi connectivity index (χ1v) is 6.86. The number of thiophene rings is 1. The van der Waals surface area contributed by atoms with E-state index >= 15 is 0 Å². The van der Waals surface area contributed by atoms with Gasteiger partial charge in [0.1, 0.15) is 10.5 Å². The fourth-order valence-electron chi connectivity index (χ4n) is 1.65. The zero-order valence-corrected chi connectivity index (χ0v) is 11.7. The van der Waals surface area contributed by atoms with Gasteiger partial charge in [-0.15, -0.1) is 11.3 Å². The van der Waals surface area contributed by atoms with Gasteiger partial charge in [-0.3, -0.25) is 0 Å². The van der Waals surface area contributed by atoms with Crippen LogP contribution in [0.4, 0.5) is 5.82 Å². The lowest BCUT2D eigenvalue weighted by atomic mass is 10.3. The summed E-state index contributed by atoms with van der Waals surface area (Å²) in [6.45, 7) is 0. The number of anilines is 1. The van der Waals surface area contributed by atoms with Gasteiger partial charge in [-0.25, -0.2) is 20.8 Å². The number of nitrogens with zero attached hydrogens (tertiary/aromatic N) is 3. The fourth-order valence-corrected chi connectivity index (χ4v) is 2.88. The number of rotatable bonds is 2. The highest BCUT2D eigenvalue weighted by Gasteiger charge is 2.13. The Morgan fingerprint density at radius 2 is 2.11 bits per heavy atom. The predicted octanol–water partition coefficient (Wildman–Crippen LogP) is 3.35. The smallest absolute Gasteiger partial charge is 0.183 e. The highest BCUT2D eigenvalue weighted by molar-refractivity contribution is 7.16. The van der Waals surface area contributed by atoms with Gasteiger partial charge in [0.15, 0.2) is 11.6 Å². The lowest BCUT2D eigenvalue weighted by molar-refractivity contribution is 1.16. The summed E-state index contributed by atoms with van der Waals surface area (Å²) in [5, 5.41) is 3.64. The van der Waals surface area contributed by atoms with Gasteiger partial charge in [0.25, 0.3) is 0 Å². The molecule has 3 rings (SSSR count). The van der Waals surface area contributed by atoms with Crippen molar-refractivity contribution in [1.82, 2.24) is 15.0 Å². The van der Waals surface area contributed by atoms with Crippen molar-refractivity contribution >= 4 is 50.6 Å². The minimum Gasteiger partial charge on any atom is -0.308 e. The van der Waals surface area contributed by atoms with Crippen LogP contribution in [0, 0.1) is 0 Å². The number of pyridine rings is 1. The highest BCUT2D eigenvalue weighted by atomic mass is 35.5. The zero-order chi connectivity index (χ0) is 13.4. The maximum atomic E-state index is 6.11. The molecule has 0 fully saturated rings. The van der Waals surface area contributed by atoms with Gasteiger partial charge in [-0.1, -0.05) is 23.2 Å². The normalized spacial score (nSPS) is 10.9. The van der Waals surface area contributed by atoms with Crippen molar-refractivity contribution in [1.29, 1.82) is 0 Å². The van der Waals surface area contributed by atoms with E-state index in [1.54, 1.807) is 6.07 Å². The summed E-state index contributed by atoms with van der Waals surface area (Å²) in [5.74, 6) is 6.42. The minimum absolute atomic E-state index is 0.395. The largest absolute Gasteiger partial charge is 0.308 e. The number of aromatic nitrogens is 3. The van der Waals surface area contributed by atoms with E-state index in [0.29, 0.717) is 27.4 Å².